The molecule has 2 atom stereocenters. The molecule has 0 bridgehead atoms. The van der Waals surface area contributed by atoms with Gasteiger partial charge >= 0.3 is 0 Å². The van der Waals surface area contributed by atoms with Crippen LogP contribution in [0, 0.1) is 5.41 Å². The van der Waals surface area contributed by atoms with Crippen LogP contribution < -0.4 is 5.32 Å². The van der Waals surface area contributed by atoms with Crippen LogP contribution in [-0.2, 0) is 9.53 Å². The van der Waals surface area contributed by atoms with E-state index in [-0.39, 0.29) is 17.4 Å². The maximum atomic E-state index is 11.7. The van der Waals surface area contributed by atoms with Crippen LogP contribution in [0.3, 0.4) is 0 Å². The molecule has 2 unspecified atom stereocenters. The van der Waals surface area contributed by atoms with E-state index in [1.54, 1.807) is 0 Å². The molecule has 1 aliphatic rings. The van der Waals surface area contributed by atoms with E-state index in [1.165, 1.54) is 0 Å². The SMILES string of the molecule is CC1CC(NC(=O)C(C)(C)C)CCO1. The quantitative estimate of drug-likeness (QED) is 0.698. The highest BCUT2D eigenvalue weighted by Gasteiger charge is 2.26. The molecule has 3 heteroatoms. The Morgan fingerprint density at radius 2 is 2.07 bits per heavy atom. The number of hydrogen-bond donors (Lipinski definition) is 1. The largest absolute Gasteiger partial charge is 0.378 e. The molecule has 1 aliphatic heterocycles. The number of carbonyl (C=O) groups is 1. The maximum Gasteiger partial charge on any atom is 0.225 e. The van der Waals surface area contributed by atoms with Crippen LogP contribution in [0.2, 0.25) is 0 Å². The average Bonchev–Trinajstić information content (AvgIpc) is 2.02. The van der Waals surface area contributed by atoms with Gasteiger partial charge in [0, 0.05) is 18.1 Å². The van der Waals surface area contributed by atoms with E-state index in [0.717, 1.165) is 19.4 Å². The molecule has 1 fully saturated rings. The predicted molar refractivity (Wildman–Crippen MR) is 56.0 cm³/mol. The molecule has 0 saturated carbocycles. The van der Waals surface area contributed by atoms with Crippen molar-refractivity contribution in [3.8, 4) is 0 Å². The summed E-state index contributed by atoms with van der Waals surface area (Å²) in [5, 5.41) is 3.07. The fourth-order valence-corrected chi connectivity index (χ4v) is 1.53. The van der Waals surface area contributed by atoms with E-state index in [1.807, 2.05) is 20.8 Å². The first-order chi connectivity index (χ1) is 6.39. The molecule has 1 amide bonds. The fourth-order valence-electron chi connectivity index (χ4n) is 1.53. The molecule has 0 radical (unpaired) electrons. The van der Waals surface area contributed by atoms with Crippen LogP contribution >= 0.6 is 0 Å². The lowest BCUT2D eigenvalue weighted by Gasteiger charge is -2.30. The smallest absolute Gasteiger partial charge is 0.225 e. The summed E-state index contributed by atoms with van der Waals surface area (Å²) in [6, 6.07) is 0.297. The lowest BCUT2D eigenvalue weighted by atomic mass is 9.94. The molecule has 1 heterocycles. The first kappa shape index (κ1) is 11.5. The second-order valence-corrected chi connectivity index (χ2v) is 5.13. The van der Waals surface area contributed by atoms with Gasteiger partial charge in [0.1, 0.15) is 0 Å². The number of amides is 1. The Hall–Kier alpha value is -0.570. The Kier molecular flexibility index (Phi) is 3.53. The molecule has 0 spiro atoms. The van der Waals surface area contributed by atoms with E-state index in [9.17, 15) is 4.79 Å². The number of nitrogens with one attached hydrogen (secondary N) is 1. The van der Waals surface area contributed by atoms with Gasteiger partial charge in [-0.3, -0.25) is 4.79 Å². The number of rotatable bonds is 1. The van der Waals surface area contributed by atoms with E-state index in [2.05, 4.69) is 12.2 Å². The first-order valence-corrected chi connectivity index (χ1v) is 5.32. The molecule has 14 heavy (non-hydrogen) atoms. The van der Waals surface area contributed by atoms with Crippen molar-refractivity contribution in [1.29, 1.82) is 0 Å². The second kappa shape index (κ2) is 4.30. The zero-order valence-corrected chi connectivity index (χ0v) is 9.59. The summed E-state index contributed by atoms with van der Waals surface area (Å²) in [7, 11) is 0. The maximum absolute atomic E-state index is 11.7. The predicted octanol–water partition coefficient (Wildman–Crippen LogP) is 1.72. The van der Waals surface area contributed by atoms with Crippen molar-refractivity contribution in [2.24, 2.45) is 5.41 Å². The van der Waals surface area contributed by atoms with Gasteiger partial charge in [-0.2, -0.15) is 0 Å². The topological polar surface area (TPSA) is 38.3 Å². The van der Waals surface area contributed by atoms with Crippen LogP contribution in [0.25, 0.3) is 0 Å². The van der Waals surface area contributed by atoms with E-state index < -0.39 is 0 Å². The third-order valence-corrected chi connectivity index (χ3v) is 2.50. The summed E-state index contributed by atoms with van der Waals surface area (Å²) in [5.74, 6) is 0.136. The molecular weight excluding hydrogens is 178 g/mol. The van der Waals surface area contributed by atoms with Crippen LogP contribution in [0.15, 0.2) is 0 Å². The Balaban J connectivity index is 2.40. The summed E-state index contributed by atoms with van der Waals surface area (Å²) in [6.45, 7) is 8.62. The van der Waals surface area contributed by atoms with Crippen LogP contribution in [0.4, 0.5) is 0 Å². The minimum atomic E-state index is -0.290. The number of ether oxygens (including phenoxy) is 1. The number of carbonyl (C=O) groups excluding carboxylic acids is 1. The molecule has 1 N–H and O–H groups in total. The fraction of sp³-hybridized carbons (Fsp3) is 0.909. The minimum absolute atomic E-state index is 0.136. The molecule has 82 valence electrons. The van der Waals surface area contributed by atoms with Gasteiger partial charge in [-0.1, -0.05) is 20.8 Å². The van der Waals surface area contributed by atoms with Crippen molar-refractivity contribution in [3.05, 3.63) is 0 Å². The summed E-state index contributed by atoms with van der Waals surface area (Å²) in [5.41, 5.74) is -0.290. The highest BCUT2D eigenvalue weighted by Crippen LogP contribution is 2.17. The highest BCUT2D eigenvalue weighted by atomic mass is 16.5. The van der Waals surface area contributed by atoms with Crippen LogP contribution in [0.1, 0.15) is 40.5 Å². The minimum Gasteiger partial charge on any atom is -0.378 e. The first-order valence-electron chi connectivity index (χ1n) is 5.32. The Labute approximate surface area is 86.2 Å². The zero-order valence-electron chi connectivity index (χ0n) is 9.59. The van der Waals surface area contributed by atoms with Crippen LogP contribution in [0.5, 0.6) is 0 Å². The van der Waals surface area contributed by atoms with Gasteiger partial charge in [0.25, 0.3) is 0 Å². The molecular formula is C11H21NO2. The molecule has 3 nitrogen and oxygen atoms in total. The van der Waals surface area contributed by atoms with Crippen molar-refractivity contribution < 1.29 is 9.53 Å². The third-order valence-electron chi connectivity index (χ3n) is 2.50. The Morgan fingerprint density at radius 1 is 1.43 bits per heavy atom. The summed E-state index contributed by atoms with van der Waals surface area (Å²) < 4.78 is 5.42. The van der Waals surface area contributed by atoms with Gasteiger partial charge < -0.3 is 10.1 Å². The van der Waals surface area contributed by atoms with Gasteiger partial charge in [-0.05, 0) is 19.8 Å². The number of hydrogen-bond acceptors (Lipinski definition) is 2. The van der Waals surface area contributed by atoms with Gasteiger partial charge in [-0.15, -0.1) is 0 Å². The van der Waals surface area contributed by atoms with Crippen molar-refractivity contribution in [3.63, 3.8) is 0 Å². The normalized spacial score (nSPS) is 28.6. The van der Waals surface area contributed by atoms with E-state index in [0.29, 0.717) is 6.04 Å². The lowest BCUT2D eigenvalue weighted by molar-refractivity contribution is -0.130. The van der Waals surface area contributed by atoms with Gasteiger partial charge in [0.15, 0.2) is 0 Å². The average molecular weight is 199 g/mol. The van der Waals surface area contributed by atoms with Gasteiger partial charge in [0.2, 0.25) is 5.91 Å². The molecule has 0 aromatic carbocycles. The van der Waals surface area contributed by atoms with Gasteiger partial charge in [-0.25, -0.2) is 0 Å². The lowest BCUT2D eigenvalue weighted by Crippen LogP contribution is -2.45. The van der Waals surface area contributed by atoms with E-state index >= 15 is 0 Å². The monoisotopic (exact) mass is 199 g/mol. The highest BCUT2D eigenvalue weighted by molar-refractivity contribution is 5.81. The van der Waals surface area contributed by atoms with Crippen molar-refractivity contribution in [2.75, 3.05) is 6.61 Å². The summed E-state index contributed by atoms with van der Waals surface area (Å²) >= 11 is 0. The molecule has 1 saturated heterocycles. The summed E-state index contributed by atoms with van der Waals surface area (Å²) in [6.07, 6.45) is 2.14. The summed E-state index contributed by atoms with van der Waals surface area (Å²) in [4.78, 5) is 11.7. The molecule has 0 aromatic heterocycles. The van der Waals surface area contributed by atoms with Crippen LogP contribution in [-0.4, -0.2) is 24.7 Å². The molecule has 1 rings (SSSR count). The molecule has 0 aliphatic carbocycles. The standard InChI is InChI=1S/C11H21NO2/c1-8-7-9(5-6-14-8)12-10(13)11(2,3)4/h8-9H,5-7H2,1-4H3,(H,12,13). The van der Waals surface area contributed by atoms with Crippen molar-refractivity contribution in [1.82, 2.24) is 5.32 Å². The second-order valence-electron chi connectivity index (χ2n) is 5.13. The molecule has 0 aromatic rings. The van der Waals surface area contributed by atoms with Crippen molar-refractivity contribution in [2.45, 2.75) is 52.7 Å². The Bertz CT molecular complexity index is 208. The van der Waals surface area contributed by atoms with E-state index in [4.69, 9.17) is 4.74 Å². The Morgan fingerprint density at radius 3 is 2.57 bits per heavy atom. The van der Waals surface area contributed by atoms with Crippen molar-refractivity contribution >= 4 is 5.91 Å². The third kappa shape index (κ3) is 3.29. The van der Waals surface area contributed by atoms with Gasteiger partial charge in [0.05, 0.1) is 6.10 Å². The zero-order chi connectivity index (χ0) is 10.8.